The average molecular weight is 455 g/mol. The number of aromatic nitrogens is 1. The lowest BCUT2D eigenvalue weighted by Crippen LogP contribution is -2.64. The van der Waals surface area contributed by atoms with Crippen LogP contribution in [0.5, 0.6) is 5.75 Å². The molecule has 2 aromatic rings. The van der Waals surface area contributed by atoms with Crippen LogP contribution in [0.15, 0.2) is 30.3 Å². The van der Waals surface area contributed by atoms with Crippen LogP contribution >= 0.6 is 0 Å². The molecule has 32 heavy (non-hydrogen) atoms. The van der Waals surface area contributed by atoms with Crippen LogP contribution < -0.4 is 10.1 Å². The van der Waals surface area contributed by atoms with Crippen LogP contribution in [0.3, 0.4) is 0 Å². The van der Waals surface area contributed by atoms with Gasteiger partial charge < -0.3 is 19.2 Å². The number of amides is 1. The van der Waals surface area contributed by atoms with Gasteiger partial charge in [0.2, 0.25) is 5.91 Å². The summed E-state index contributed by atoms with van der Waals surface area (Å²) in [6, 6.07) is 9.15. The Morgan fingerprint density at radius 1 is 1.31 bits per heavy atom. The van der Waals surface area contributed by atoms with Crippen molar-refractivity contribution in [1.82, 2.24) is 10.3 Å². The lowest BCUT2D eigenvalue weighted by Gasteiger charge is -2.42. The minimum absolute atomic E-state index is 0.000738. The lowest BCUT2D eigenvalue weighted by atomic mass is 9.93. The Hall–Kier alpha value is -2.38. The Kier molecular flexibility index (Phi) is 6.58. The highest BCUT2D eigenvalue weighted by atomic mass is 28.4. The molecular formula is C25H34N2O4Si. The van der Waals surface area contributed by atoms with E-state index in [0.717, 1.165) is 65.4 Å². The number of carbonyl (C=O) groups is 1. The average Bonchev–Trinajstić information content (AvgIpc) is 2.75. The molecule has 6 nitrogen and oxygen atoms in total. The molecule has 4 rings (SSSR count). The zero-order valence-corrected chi connectivity index (χ0v) is 20.7. The third-order valence-corrected chi connectivity index (χ3v) is 8.96. The Morgan fingerprint density at radius 2 is 2.12 bits per heavy atom. The van der Waals surface area contributed by atoms with Crippen molar-refractivity contribution >= 4 is 30.9 Å². The summed E-state index contributed by atoms with van der Waals surface area (Å²) >= 11 is 0. The van der Waals surface area contributed by atoms with Crippen molar-refractivity contribution in [3.63, 3.8) is 0 Å². The number of benzene rings is 1. The van der Waals surface area contributed by atoms with Gasteiger partial charge in [0.25, 0.3) is 0 Å². The molecule has 7 heteroatoms. The first-order valence-corrected chi connectivity index (χ1v) is 14.8. The molecule has 0 unspecified atom stereocenters. The third-order valence-electron chi connectivity index (χ3n) is 6.39. The molecule has 0 radical (unpaired) electrons. The number of β-lactam (4-membered cyclic amide) rings is 1. The van der Waals surface area contributed by atoms with Crippen LogP contribution in [0.1, 0.15) is 44.4 Å². The van der Waals surface area contributed by atoms with E-state index in [-0.39, 0.29) is 24.2 Å². The SMILES string of the molecule is CCCC[Si](C)(C)O[C@H](C)[C@H]1C(=O)N[C@@H]1OC1=CCCc2nc3c(OC)cccc3cc21. The molecular weight excluding hydrogens is 420 g/mol. The fourth-order valence-electron chi connectivity index (χ4n) is 4.64. The van der Waals surface area contributed by atoms with Gasteiger partial charge in [-0.1, -0.05) is 31.9 Å². The summed E-state index contributed by atoms with van der Waals surface area (Å²) in [5.41, 5.74) is 2.85. The van der Waals surface area contributed by atoms with Crippen LogP contribution in [0.2, 0.25) is 19.1 Å². The first-order chi connectivity index (χ1) is 15.3. The fourth-order valence-corrected chi connectivity index (χ4v) is 7.12. The standard InChI is InChI=1S/C25H34N2O4Si/c1-6-7-14-32(4,5)31-16(2)22-24(28)27-25(22)30-20-12-9-11-19-18(20)15-17-10-8-13-21(29-3)23(17)26-19/h8,10,12-13,15-16,22,25H,6-7,9,11,14H2,1-5H3,(H,27,28)/t16-,22+,25-/m1/s1. The van der Waals surface area contributed by atoms with Gasteiger partial charge in [-0.05, 0) is 57.1 Å². The second kappa shape index (κ2) is 9.23. The largest absolute Gasteiger partial charge is 0.494 e. The molecule has 1 aliphatic heterocycles. The number of hydrogen-bond donors (Lipinski definition) is 1. The molecule has 2 aliphatic rings. The van der Waals surface area contributed by atoms with E-state index in [2.05, 4.69) is 37.5 Å². The number of nitrogens with one attached hydrogen (secondary N) is 1. The predicted octanol–water partition coefficient (Wildman–Crippen LogP) is 5.03. The van der Waals surface area contributed by atoms with Crippen molar-refractivity contribution in [2.75, 3.05) is 7.11 Å². The van der Waals surface area contributed by atoms with Crippen LogP contribution in [0, 0.1) is 5.92 Å². The summed E-state index contributed by atoms with van der Waals surface area (Å²) < 4.78 is 18.3. The Morgan fingerprint density at radius 3 is 2.84 bits per heavy atom. The summed E-state index contributed by atoms with van der Waals surface area (Å²) in [5, 5.41) is 3.94. The number of hydrogen-bond acceptors (Lipinski definition) is 5. The molecule has 3 atom stereocenters. The summed E-state index contributed by atoms with van der Waals surface area (Å²) in [6.07, 6.45) is 5.58. The number of aryl methyl sites for hydroxylation is 1. The number of ether oxygens (including phenoxy) is 2. The van der Waals surface area contributed by atoms with Gasteiger partial charge in [0.15, 0.2) is 14.5 Å². The molecule has 1 fully saturated rings. The first-order valence-electron chi connectivity index (χ1n) is 11.6. The van der Waals surface area contributed by atoms with E-state index in [1.807, 2.05) is 25.1 Å². The Bertz CT molecular complexity index is 1040. The minimum Gasteiger partial charge on any atom is -0.494 e. The van der Waals surface area contributed by atoms with E-state index in [0.29, 0.717) is 0 Å². The zero-order chi connectivity index (χ0) is 22.9. The molecule has 2 heterocycles. The monoisotopic (exact) mass is 454 g/mol. The van der Waals surface area contributed by atoms with E-state index < -0.39 is 8.32 Å². The third kappa shape index (κ3) is 4.54. The first kappa shape index (κ1) is 22.8. The van der Waals surface area contributed by atoms with Crippen molar-refractivity contribution in [3.05, 3.63) is 41.6 Å². The van der Waals surface area contributed by atoms with Crippen LogP contribution in [-0.2, 0) is 20.4 Å². The van der Waals surface area contributed by atoms with E-state index in [1.165, 1.54) is 0 Å². The summed E-state index contributed by atoms with van der Waals surface area (Å²) in [4.78, 5) is 17.3. The highest BCUT2D eigenvalue weighted by molar-refractivity contribution is 6.71. The topological polar surface area (TPSA) is 69.7 Å². The molecule has 172 valence electrons. The van der Waals surface area contributed by atoms with Crippen LogP contribution in [0.4, 0.5) is 0 Å². The second-order valence-corrected chi connectivity index (χ2v) is 13.6. The number of para-hydroxylation sites is 1. The molecule has 1 aromatic carbocycles. The number of rotatable bonds is 9. The second-order valence-electron chi connectivity index (χ2n) is 9.38. The molecule has 0 spiro atoms. The summed E-state index contributed by atoms with van der Waals surface area (Å²) in [6.45, 7) is 8.67. The molecule has 1 N–H and O–H groups in total. The highest BCUT2D eigenvalue weighted by Crippen LogP contribution is 2.35. The zero-order valence-electron chi connectivity index (χ0n) is 19.7. The van der Waals surface area contributed by atoms with E-state index in [1.54, 1.807) is 7.11 Å². The fraction of sp³-hybridized carbons (Fsp3) is 0.520. The quantitative estimate of drug-likeness (QED) is 0.425. The number of allylic oxidation sites excluding steroid dienone is 1. The van der Waals surface area contributed by atoms with E-state index in [9.17, 15) is 4.79 Å². The number of fused-ring (bicyclic) bond motifs is 2. The van der Waals surface area contributed by atoms with Crippen molar-refractivity contribution in [1.29, 1.82) is 0 Å². The highest BCUT2D eigenvalue weighted by Gasteiger charge is 2.47. The van der Waals surface area contributed by atoms with Gasteiger partial charge >= 0.3 is 0 Å². The maximum Gasteiger partial charge on any atom is 0.234 e. The van der Waals surface area contributed by atoms with Gasteiger partial charge in [0.05, 0.1) is 18.9 Å². The van der Waals surface area contributed by atoms with Crippen LogP contribution in [-0.4, -0.2) is 38.7 Å². The molecule has 1 amide bonds. The maximum absolute atomic E-state index is 12.4. The van der Waals surface area contributed by atoms with E-state index in [4.69, 9.17) is 18.9 Å². The van der Waals surface area contributed by atoms with Gasteiger partial charge in [0, 0.05) is 10.9 Å². The van der Waals surface area contributed by atoms with Crippen molar-refractivity contribution in [2.45, 2.75) is 71.0 Å². The smallest absolute Gasteiger partial charge is 0.234 e. The van der Waals surface area contributed by atoms with Crippen LogP contribution in [0.25, 0.3) is 16.7 Å². The lowest BCUT2D eigenvalue weighted by molar-refractivity contribution is -0.153. The normalized spacial score (nSPS) is 21.3. The molecule has 1 aromatic heterocycles. The summed E-state index contributed by atoms with van der Waals surface area (Å²) in [7, 11) is -0.147. The van der Waals surface area contributed by atoms with Crippen molar-refractivity contribution < 1.29 is 18.7 Å². The summed E-state index contributed by atoms with van der Waals surface area (Å²) in [5.74, 6) is 1.26. The molecule has 1 saturated heterocycles. The van der Waals surface area contributed by atoms with E-state index >= 15 is 0 Å². The molecule has 0 saturated carbocycles. The van der Waals surface area contributed by atoms with Gasteiger partial charge in [-0.15, -0.1) is 0 Å². The minimum atomic E-state index is -1.81. The van der Waals surface area contributed by atoms with Gasteiger partial charge in [-0.3, -0.25) is 4.79 Å². The van der Waals surface area contributed by atoms with Crippen molar-refractivity contribution in [3.8, 4) is 5.75 Å². The Labute approximate surface area is 191 Å². The van der Waals surface area contributed by atoms with Gasteiger partial charge in [0.1, 0.15) is 22.9 Å². The van der Waals surface area contributed by atoms with Gasteiger partial charge in [-0.2, -0.15) is 0 Å². The van der Waals surface area contributed by atoms with Crippen molar-refractivity contribution in [2.24, 2.45) is 5.92 Å². The maximum atomic E-state index is 12.4. The predicted molar refractivity (Wildman–Crippen MR) is 129 cm³/mol. The number of methoxy groups -OCH3 is 1. The number of carbonyl (C=O) groups excluding carboxylic acids is 1. The number of nitrogens with zero attached hydrogens (tertiary/aromatic N) is 1. The molecule has 1 aliphatic carbocycles. The Balaban J connectivity index is 1.52. The molecule has 0 bridgehead atoms. The number of pyridine rings is 1. The van der Waals surface area contributed by atoms with Gasteiger partial charge in [-0.25, -0.2) is 4.98 Å². The number of unbranched alkanes of at least 4 members (excludes halogenated alkanes) is 1.